The smallest absolute Gasteiger partial charge is 0.276 e. The number of hydrogen-bond donors (Lipinski definition) is 2. The molecule has 0 aliphatic carbocycles. The second kappa shape index (κ2) is 10.1. The zero-order chi connectivity index (χ0) is 18.9. The van der Waals surface area contributed by atoms with Gasteiger partial charge in [-0.15, -0.1) is 11.8 Å². The van der Waals surface area contributed by atoms with E-state index in [1.807, 2.05) is 25.1 Å². The van der Waals surface area contributed by atoms with E-state index in [1.165, 1.54) is 18.9 Å². The van der Waals surface area contributed by atoms with Crippen molar-refractivity contribution in [2.75, 3.05) is 19.5 Å². The number of amides is 2. The Hall–Kier alpha value is -2.19. The number of hydrogen-bond acceptors (Lipinski definition) is 5. The number of benzene rings is 2. The van der Waals surface area contributed by atoms with Gasteiger partial charge in [-0.2, -0.15) is 0 Å². The molecule has 26 heavy (non-hydrogen) atoms. The Balaban J connectivity index is 1.72. The fraction of sp³-hybridized carbons (Fsp3) is 0.222. The summed E-state index contributed by atoms with van der Waals surface area (Å²) in [5, 5.41) is 0. The molecule has 0 spiro atoms. The number of rotatable bonds is 7. The molecule has 0 heterocycles. The molecule has 2 amide bonds. The van der Waals surface area contributed by atoms with Crippen molar-refractivity contribution in [1.82, 2.24) is 10.9 Å². The zero-order valence-electron chi connectivity index (χ0n) is 14.4. The summed E-state index contributed by atoms with van der Waals surface area (Å²) in [6, 6.07) is 12.9. The quantitative estimate of drug-likeness (QED) is 0.512. The molecule has 0 aliphatic rings. The molecule has 0 aromatic heterocycles. The first kappa shape index (κ1) is 20.1. The third-order valence-corrected chi connectivity index (χ3v) is 4.93. The number of ether oxygens (including phenoxy) is 2. The maximum Gasteiger partial charge on any atom is 0.276 e. The van der Waals surface area contributed by atoms with Gasteiger partial charge in [-0.1, -0.05) is 28.1 Å². The van der Waals surface area contributed by atoms with Gasteiger partial charge in [0.15, 0.2) is 18.1 Å². The van der Waals surface area contributed by atoms with Crippen LogP contribution in [0.5, 0.6) is 11.5 Å². The van der Waals surface area contributed by atoms with Crippen molar-refractivity contribution in [1.29, 1.82) is 0 Å². The van der Waals surface area contributed by atoms with Gasteiger partial charge in [-0.05, 0) is 42.8 Å². The molecule has 8 heteroatoms. The molecule has 138 valence electrons. The molecule has 0 radical (unpaired) electrons. The van der Waals surface area contributed by atoms with Crippen molar-refractivity contribution in [3.05, 3.63) is 52.5 Å². The number of methoxy groups -OCH3 is 1. The van der Waals surface area contributed by atoms with Crippen LogP contribution in [0, 0.1) is 6.92 Å². The third-order valence-electron chi connectivity index (χ3n) is 3.26. The second-order valence-electron chi connectivity index (χ2n) is 5.23. The highest BCUT2D eigenvalue weighted by atomic mass is 79.9. The Bertz CT molecular complexity index is 786. The number of para-hydroxylation sites is 2. The molecule has 0 bridgehead atoms. The zero-order valence-corrected chi connectivity index (χ0v) is 16.8. The van der Waals surface area contributed by atoms with Gasteiger partial charge in [0.25, 0.3) is 5.91 Å². The maximum atomic E-state index is 11.9. The number of carbonyl (C=O) groups is 2. The van der Waals surface area contributed by atoms with Crippen LogP contribution >= 0.6 is 27.7 Å². The van der Waals surface area contributed by atoms with E-state index in [-0.39, 0.29) is 18.3 Å². The Labute approximate surface area is 164 Å². The molecular formula is C18H19BrN2O4S. The Morgan fingerprint density at radius 2 is 1.77 bits per heavy atom. The van der Waals surface area contributed by atoms with Crippen LogP contribution in [0.15, 0.2) is 51.8 Å². The molecule has 0 unspecified atom stereocenters. The van der Waals surface area contributed by atoms with E-state index in [0.29, 0.717) is 11.5 Å². The molecule has 0 atom stereocenters. The van der Waals surface area contributed by atoms with E-state index in [0.717, 1.165) is 14.9 Å². The van der Waals surface area contributed by atoms with Crippen LogP contribution < -0.4 is 20.3 Å². The number of hydrazine groups is 1. The first-order chi connectivity index (χ1) is 12.5. The average molecular weight is 439 g/mol. The topological polar surface area (TPSA) is 76.7 Å². The lowest BCUT2D eigenvalue weighted by Crippen LogP contribution is -2.44. The van der Waals surface area contributed by atoms with E-state index in [4.69, 9.17) is 9.47 Å². The summed E-state index contributed by atoms with van der Waals surface area (Å²) in [7, 11) is 1.52. The summed E-state index contributed by atoms with van der Waals surface area (Å²) in [6.45, 7) is 1.74. The highest BCUT2D eigenvalue weighted by Crippen LogP contribution is 2.26. The lowest BCUT2D eigenvalue weighted by molar-refractivity contribution is -0.128. The summed E-state index contributed by atoms with van der Waals surface area (Å²) < 4.78 is 11.5. The minimum atomic E-state index is -0.464. The van der Waals surface area contributed by atoms with Crippen LogP contribution in [-0.4, -0.2) is 31.3 Å². The van der Waals surface area contributed by atoms with Crippen molar-refractivity contribution in [2.24, 2.45) is 0 Å². The first-order valence-corrected chi connectivity index (χ1v) is 9.50. The van der Waals surface area contributed by atoms with Crippen LogP contribution in [0.3, 0.4) is 0 Å². The summed E-state index contributed by atoms with van der Waals surface area (Å²) in [4.78, 5) is 24.6. The number of nitrogens with one attached hydrogen (secondary N) is 2. The van der Waals surface area contributed by atoms with E-state index in [9.17, 15) is 9.59 Å². The minimum Gasteiger partial charge on any atom is -0.493 e. The van der Waals surface area contributed by atoms with E-state index >= 15 is 0 Å². The first-order valence-electron chi connectivity index (χ1n) is 7.72. The number of carbonyl (C=O) groups excluding carboxylic acids is 2. The van der Waals surface area contributed by atoms with Crippen LogP contribution in [0.25, 0.3) is 0 Å². The van der Waals surface area contributed by atoms with Gasteiger partial charge in [0, 0.05) is 9.37 Å². The number of thioether (sulfide) groups is 1. The van der Waals surface area contributed by atoms with Gasteiger partial charge in [-0.25, -0.2) is 0 Å². The second-order valence-corrected chi connectivity index (χ2v) is 7.17. The van der Waals surface area contributed by atoms with Crippen LogP contribution in [0.2, 0.25) is 0 Å². The normalized spacial score (nSPS) is 10.1. The molecule has 2 rings (SSSR count). The van der Waals surface area contributed by atoms with Gasteiger partial charge in [0.1, 0.15) is 0 Å². The largest absolute Gasteiger partial charge is 0.493 e. The molecule has 0 saturated heterocycles. The Morgan fingerprint density at radius 3 is 2.46 bits per heavy atom. The highest BCUT2D eigenvalue weighted by molar-refractivity contribution is 9.10. The van der Waals surface area contributed by atoms with E-state index in [1.54, 1.807) is 24.3 Å². The van der Waals surface area contributed by atoms with E-state index < -0.39 is 5.91 Å². The van der Waals surface area contributed by atoms with Crippen molar-refractivity contribution >= 4 is 39.5 Å². The summed E-state index contributed by atoms with van der Waals surface area (Å²) >= 11 is 4.80. The monoisotopic (exact) mass is 438 g/mol. The van der Waals surface area contributed by atoms with Crippen LogP contribution in [0.1, 0.15) is 5.56 Å². The van der Waals surface area contributed by atoms with E-state index in [2.05, 4.69) is 26.8 Å². The average Bonchev–Trinajstić information content (AvgIpc) is 2.64. The standard InChI is InChI=1S/C18H19BrN2O4S/c1-12-9-13(19)7-8-16(12)26-11-18(23)21-20-17(22)10-25-15-6-4-3-5-14(15)24-2/h3-9H,10-11H2,1-2H3,(H,20,22)(H,21,23). The molecular weight excluding hydrogens is 420 g/mol. The molecule has 2 N–H and O–H groups in total. The fourth-order valence-electron chi connectivity index (χ4n) is 2.01. The van der Waals surface area contributed by atoms with Gasteiger partial charge in [0.2, 0.25) is 5.91 Å². The number of halogens is 1. The Kier molecular flexibility index (Phi) is 7.80. The summed E-state index contributed by atoms with van der Waals surface area (Å²) in [6.07, 6.45) is 0. The molecule has 0 fully saturated rings. The molecule has 2 aromatic carbocycles. The Morgan fingerprint density at radius 1 is 1.08 bits per heavy atom. The van der Waals surface area contributed by atoms with Gasteiger partial charge < -0.3 is 9.47 Å². The predicted octanol–water partition coefficient (Wildman–Crippen LogP) is 3.08. The molecule has 6 nitrogen and oxygen atoms in total. The van der Waals surface area contributed by atoms with Crippen molar-refractivity contribution in [3.8, 4) is 11.5 Å². The maximum absolute atomic E-state index is 11.9. The minimum absolute atomic E-state index is 0.191. The third kappa shape index (κ3) is 6.27. The van der Waals surface area contributed by atoms with Gasteiger partial charge in [0.05, 0.1) is 12.9 Å². The van der Waals surface area contributed by atoms with Crippen molar-refractivity contribution < 1.29 is 19.1 Å². The molecule has 0 aliphatic heterocycles. The molecule has 2 aromatic rings. The van der Waals surface area contributed by atoms with Crippen LogP contribution in [0.4, 0.5) is 0 Å². The SMILES string of the molecule is COc1ccccc1OCC(=O)NNC(=O)CSc1ccc(Br)cc1C. The predicted molar refractivity (Wildman–Crippen MR) is 104 cm³/mol. The van der Waals surface area contributed by atoms with Crippen LogP contribution in [-0.2, 0) is 9.59 Å². The number of aryl methyl sites for hydroxylation is 1. The fourth-order valence-corrected chi connectivity index (χ4v) is 3.30. The molecule has 0 saturated carbocycles. The summed E-state index contributed by atoms with van der Waals surface area (Å²) in [5.41, 5.74) is 5.77. The lowest BCUT2D eigenvalue weighted by atomic mass is 10.2. The van der Waals surface area contributed by atoms with Crippen molar-refractivity contribution in [2.45, 2.75) is 11.8 Å². The lowest BCUT2D eigenvalue weighted by Gasteiger charge is -2.11. The van der Waals surface area contributed by atoms with Gasteiger partial charge in [-0.3, -0.25) is 20.4 Å². The summed E-state index contributed by atoms with van der Waals surface area (Å²) in [5.74, 6) is 0.413. The van der Waals surface area contributed by atoms with Gasteiger partial charge >= 0.3 is 0 Å². The highest BCUT2D eigenvalue weighted by Gasteiger charge is 2.09. The van der Waals surface area contributed by atoms with Crippen molar-refractivity contribution in [3.63, 3.8) is 0 Å².